The van der Waals surface area contributed by atoms with Gasteiger partial charge in [-0.2, -0.15) is 5.10 Å². The average molecular weight is 353 g/mol. The summed E-state index contributed by atoms with van der Waals surface area (Å²) in [6, 6.07) is 16.3. The largest absolute Gasteiger partial charge is 0.391 e. The number of nitro benzene ring substituents is 1. The molecule has 0 aromatic heterocycles. The second-order valence-corrected chi connectivity index (χ2v) is 6.60. The number of benzene rings is 2. The Morgan fingerprint density at radius 2 is 1.81 bits per heavy atom. The van der Waals surface area contributed by atoms with Crippen LogP contribution in [0.4, 0.5) is 5.69 Å². The van der Waals surface area contributed by atoms with Crippen molar-refractivity contribution in [3.63, 3.8) is 0 Å². The van der Waals surface area contributed by atoms with Crippen molar-refractivity contribution in [3.05, 3.63) is 75.8 Å². The van der Waals surface area contributed by atoms with Gasteiger partial charge in [0.1, 0.15) is 0 Å². The average Bonchev–Trinajstić information content (AvgIpc) is 2.67. The monoisotopic (exact) mass is 353 g/mol. The van der Waals surface area contributed by atoms with Gasteiger partial charge in [-0.05, 0) is 36.1 Å². The zero-order valence-electron chi connectivity index (χ0n) is 14.6. The number of hydrogen-bond donors (Lipinski definition) is 1. The number of aliphatic hydroxyl groups is 1. The van der Waals surface area contributed by atoms with E-state index in [1.54, 1.807) is 18.3 Å². The number of nitrogens with zero attached hydrogens (tertiary/aromatic N) is 3. The molecule has 1 N–H and O–H groups in total. The molecule has 2 aromatic rings. The second-order valence-electron chi connectivity index (χ2n) is 6.60. The van der Waals surface area contributed by atoms with Gasteiger partial charge in [-0.25, -0.2) is 0 Å². The molecule has 0 saturated heterocycles. The van der Waals surface area contributed by atoms with Gasteiger partial charge in [0.2, 0.25) is 0 Å². The van der Waals surface area contributed by atoms with Crippen molar-refractivity contribution in [1.82, 2.24) is 5.01 Å². The van der Waals surface area contributed by atoms with Crippen molar-refractivity contribution >= 4 is 11.9 Å². The summed E-state index contributed by atoms with van der Waals surface area (Å²) in [7, 11) is 0. The van der Waals surface area contributed by atoms with Gasteiger partial charge in [0, 0.05) is 12.1 Å². The first-order chi connectivity index (χ1) is 12.6. The van der Waals surface area contributed by atoms with E-state index in [4.69, 9.17) is 0 Å². The molecule has 136 valence electrons. The van der Waals surface area contributed by atoms with E-state index in [0.29, 0.717) is 6.54 Å². The minimum atomic E-state index is -0.416. The zero-order chi connectivity index (χ0) is 18.4. The molecule has 0 spiro atoms. The van der Waals surface area contributed by atoms with Gasteiger partial charge in [-0.3, -0.25) is 15.1 Å². The van der Waals surface area contributed by atoms with E-state index in [9.17, 15) is 15.2 Å². The molecule has 0 heterocycles. The molecule has 6 heteroatoms. The molecular formula is C20H23N3O3. The molecule has 1 saturated carbocycles. The van der Waals surface area contributed by atoms with Crippen LogP contribution in [0, 0.1) is 10.1 Å². The molecule has 3 rings (SSSR count). The van der Waals surface area contributed by atoms with Gasteiger partial charge in [0.05, 0.1) is 29.8 Å². The Bertz CT molecular complexity index is 747. The highest BCUT2D eigenvalue weighted by Gasteiger charge is 2.28. The lowest BCUT2D eigenvalue weighted by atomic mass is 9.92. The quantitative estimate of drug-likeness (QED) is 0.487. The van der Waals surface area contributed by atoms with Crippen LogP contribution in [0.25, 0.3) is 0 Å². The highest BCUT2D eigenvalue weighted by atomic mass is 16.6. The molecule has 1 aliphatic rings. The lowest BCUT2D eigenvalue weighted by Gasteiger charge is -2.35. The van der Waals surface area contributed by atoms with E-state index in [0.717, 1.165) is 36.8 Å². The van der Waals surface area contributed by atoms with Gasteiger partial charge >= 0.3 is 0 Å². The maximum absolute atomic E-state index is 10.8. The number of hydrazone groups is 1. The van der Waals surface area contributed by atoms with Crippen LogP contribution in [0.15, 0.2) is 59.7 Å². The van der Waals surface area contributed by atoms with Crippen molar-refractivity contribution in [2.75, 3.05) is 0 Å². The van der Waals surface area contributed by atoms with Gasteiger partial charge in [0.25, 0.3) is 5.69 Å². The van der Waals surface area contributed by atoms with Crippen molar-refractivity contribution in [3.8, 4) is 0 Å². The third kappa shape index (κ3) is 4.67. The molecule has 6 nitrogen and oxygen atoms in total. The van der Waals surface area contributed by atoms with Crippen molar-refractivity contribution in [2.24, 2.45) is 5.10 Å². The molecule has 2 atom stereocenters. The summed E-state index contributed by atoms with van der Waals surface area (Å²) in [4.78, 5) is 10.3. The Labute approximate surface area is 152 Å². The number of hydrogen-bond acceptors (Lipinski definition) is 5. The lowest BCUT2D eigenvalue weighted by Crippen LogP contribution is -2.42. The van der Waals surface area contributed by atoms with Crippen molar-refractivity contribution < 1.29 is 10.0 Å². The predicted molar refractivity (Wildman–Crippen MR) is 101 cm³/mol. The maximum Gasteiger partial charge on any atom is 0.269 e. The summed E-state index contributed by atoms with van der Waals surface area (Å²) >= 11 is 0. The van der Waals surface area contributed by atoms with Crippen molar-refractivity contribution in [1.29, 1.82) is 0 Å². The van der Waals surface area contributed by atoms with E-state index < -0.39 is 4.92 Å². The summed E-state index contributed by atoms with van der Waals surface area (Å²) in [6.07, 6.45) is 5.15. The number of nitro groups is 1. The van der Waals surface area contributed by atoms with Crippen LogP contribution < -0.4 is 0 Å². The normalized spacial score (nSPS) is 20.2. The molecule has 2 aromatic carbocycles. The lowest BCUT2D eigenvalue weighted by molar-refractivity contribution is -0.384. The standard InChI is InChI=1S/C20H23N3O3/c24-20-9-5-4-8-19(20)22(15-17-6-2-1-3-7-17)21-14-16-10-12-18(13-11-16)23(25)26/h1-3,6-7,10-14,19-20,24H,4-5,8-9,15H2/b21-14+/t19-,20-/m1/s1. The first-order valence-electron chi connectivity index (χ1n) is 8.90. The molecule has 1 aliphatic carbocycles. The summed E-state index contributed by atoms with van der Waals surface area (Å²) in [6.45, 7) is 0.617. The summed E-state index contributed by atoms with van der Waals surface area (Å²) in [5.74, 6) is 0. The van der Waals surface area contributed by atoms with Crippen LogP contribution >= 0.6 is 0 Å². The Balaban J connectivity index is 1.78. The highest BCUT2D eigenvalue weighted by molar-refractivity contribution is 5.79. The zero-order valence-corrected chi connectivity index (χ0v) is 14.6. The van der Waals surface area contributed by atoms with Crippen LogP contribution in [-0.2, 0) is 6.54 Å². The molecule has 0 bridgehead atoms. The Morgan fingerprint density at radius 3 is 2.46 bits per heavy atom. The SMILES string of the molecule is O=[N+]([O-])c1ccc(/C=N/N(Cc2ccccc2)[C@@H]2CCCC[C@H]2O)cc1. The fraction of sp³-hybridized carbons (Fsp3) is 0.350. The Hall–Kier alpha value is -2.73. The predicted octanol–water partition coefficient (Wildman–Crippen LogP) is 3.73. The van der Waals surface area contributed by atoms with E-state index >= 15 is 0 Å². The molecule has 0 unspecified atom stereocenters. The fourth-order valence-electron chi connectivity index (χ4n) is 3.28. The summed E-state index contributed by atoms with van der Waals surface area (Å²) in [5, 5.41) is 27.7. The molecule has 1 fully saturated rings. The first kappa shape index (κ1) is 18.1. The highest BCUT2D eigenvalue weighted by Crippen LogP contribution is 2.25. The summed E-state index contributed by atoms with van der Waals surface area (Å²) < 4.78 is 0. The van der Waals surface area contributed by atoms with Crippen LogP contribution in [0.5, 0.6) is 0 Å². The van der Waals surface area contributed by atoms with Crippen LogP contribution in [0.1, 0.15) is 36.8 Å². The minimum Gasteiger partial charge on any atom is -0.391 e. The van der Waals surface area contributed by atoms with Gasteiger partial charge in [-0.15, -0.1) is 0 Å². The molecule has 0 amide bonds. The van der Waals surface area contributed by atoms with Gasteiger partial charge < -0.3 is 5.11 Å². The van der Waals surface area contributed by atoms with Gasteiger partial charge in [-0.1, -0.05) is 43.2 Å². The maximum atomic E-state index is 10.8. The fourth-order valence-corrected chi connectivity index (χ4v) is 3.28. The third-order valence-electron chi connectivity index (χ3n) is 4.72. The summed E-state index contributed by atoms with van der Waals surface area (Å²) in [5.41, 5.74) is 1.98. The van der Waals surface area contributed by atoms with E-state index in [-0.39, 0.29) is 17.8 Å². The van der Waals surface area contributed by atoms with Crippen LogP contribution in [-0.4, -0.2) is 33.4 Å². The molecule has 0 radical (unpaired) electrons. The van der Waals surface area contributed by atoms with E-state index in [1.807, 2.05) is 35.3 Å². The number of non-ortho nitro benzene ring substituents is 1. The number of rotatable bonds is 6. The topological polar surface area (TPSA) is 79.0 Å². The molecule has 26 heavy (non-hydrogen) atoms. The van der Waals surface area contributed by atoms with E-state index in [1.165, 1.54) is 12.1 Å². The number of aliphatic hydroxyl groups excluding tert-OH is 1. The van der Waals surface area contributed by atoms with E-state index in [2.05, 4.69) is 5.10 Å². The van der Waals surface area contributed by atoms with Gasteiger partial charge in [0.15, 0.2) is 0 Å². The Morgan fingerprint density at radius 1 is 1.12 bits per heavy atom. The van der Waals surface area contributed by atoms with Crippen LogP contribution in [0.3, 0.4) is 0 Å². The van der Waals surface area contributed by atoms with Crippen LogP contribution in [0.2, 0.25) is 0 Å². The molecular weight excluding hydrogens is 330 g/mol. The third-order valence-corrected chi connectivity index (χ3v) is 4.72. The Kier molecular flexibility index (Phi) is 5.96. The first-order valence-corrected chi connectivity index (χ1v) is 8.90. The van der Waals surface area contributed by atoms with Crippen molar-refractivity contribution in [2.45, 2.75) is 44.4 Å². The second kappa shape index (κ2) is 8.58. The molecule has 0 aliphatic heterocycles. The minimum absolute atomic E-state index is 0.0155. The smallest absolute Gasteiger partial charge is 0.269 e.